The first-order valence-electron chi connectivity index (χ1n) is 8.64. The van der Waals surface area contributed by atoms with Crippen LogP contribution in [0.25, 0.3) is 0 Å². The molecule has 0 aliphatic carbocycles. The van der Waals surface area contributed by atoms with Gasteiger partial charge in [-0.05, 0) is 30.7 Å². The fraction of sp³-hybridized carbons (Fsp3) is 0.316. The fourth-order valence-electron chi connectivity index (χ4n) is 2.83. The number of ether oxygens (including phenoxy) is 2. The van der Waals surface area contributed by atoms with Gasteiger partial charge >= 0.3 is 0 Å². The van der Waals surface area contributed by atoms with Crippen molar-refractivity contribution in [3.05, 3.63) is 58.1 Å². The molecule has 0 bridgehead atoms. The fourth-order valence-corrected chi connectivity index (χ4v) is 2.83. The first-order valence-corrected chi connectivity index (χ1v) is 8.64. The van der Waals surface area contributed by atoms with Crippen LogP contribution in [-0.2, 0) is 4.74 Å². The molecule has 8 heteroatoms. The number of rotatable bonds is 6. The zero-order valence-electron chi connectivity index (χ0n) is 15.3. The third kappa shape index (κ3) is 4.53. The van der Waals surface area contributed by atoms with Crippen LogP contribution < -0.4 is 15.1 Å². The second kappa shape index (κ2) is 8.50. The molecule has 27 heavy (non-hydrogen) atoms. The lowest BCUT2D eigenvalue weighted by Gasteiger charge is -2.28. The van der Waals surface area contributed by atoms with E-state index in [1.165, 1.54) is 24.9 Å². The summed E-state index contributed by atoms with van der Waals surface area (Å²) >= 11 is 0. The minimum atomic E-state index is -0.461. The molecule has 1 aliphatic heterocycles. The highest BCUT2D eigenvalue weighted by Crippen LogP contribution is 2.29. The molecule has 1 saturated heterocycles. The maximum Gasteiger partial charge on any atom is 0.273 e. The van der Waals surface area contributed by atoms with E-state index in [9.17, 15) is 10.1 Å². The summed E-state index contributed by atoms with van der Waals surface area (Å²) in [4.78, 5) is 12.7. The molecule has 0 aromatic heterocycles. The summed E-state index contributed by atoms with van der Waals surface area (Å²) in [7, 11) is 1.46. The van der Waals surface area contributed by atoms with Crippen molar-refractivity contribution in [1.82, 2.24) is 0 Å². The minimum absolute atomic E-state index is 0.0307. The number of hydrogen-bond donors (Lipinski definition) is 1. The van der Waals surface area contributed by atoms with Gasteiger partial charge in [-0.1, -0.05) is 12.1 Å². The van der Waals surface area contributed by atoms with Crippen LogP contribution in [0, 0.1) is 10.1 Å². The van der Waals surface area contributed by atoms with Crippen LogP contribution in [0.3, 0.4) is 0 Å². The molecule has 2 aromatic carbocycles. The molecule has 0 amide bonds. The van der Waals surface area contributed by atoms with Gasteiger partial charge in [0.2, 0.25) is 0 Å². The van der Waals surface area contributed by atoms with Gasteiger partial charge in [0.15, 0.2) is 5.75 Å². The number of methoxy groups -OCH3 is 1. The predicted molar refractivity (Wildman–Crippen MR) is 105 cm³/mol. The Kier molecular flexibility index (Phi) is 5.87. The minimum Gasteiger partial charge on any atom is -0.494 e. The molecule has 3 rings (SSSR count). The molecule has 8 nitrogen and oxygen atoms in total. The molecule has 142 valence electrons. The zero-order valence-corrected chi connectivity index (χ0v) is 15.3. The summed E-state index contributed by atoms with van der Waals surface area (Å²) in [6.45, 7) is 5.20. The van der Waals surface area contributed by atoms with Gasteiger partial charge in [-0.2, -0.15) is 5.10 Å². The summed E-state index contributed by atoms with van der Waals surface area (Å²) in [5, 5.41) is 15.2. The van der Waals surface area contributed by atoms with E-state index in [2.05, 4.69) is 27.6 Å². The van der Waals surface area contributed by atoms with Gasteiger partial charge in [-0.3, -0.25) is 15.5 Å². The highest BCUT2D eigenvalue weighted by Gasteiger charge is 2.12. The number of nitro benzene ring substituents is 1. The Bertz CT molecular complexity index is 830. The van der Waals surface area contributed by atoms with Gasteiger partial charge in [-0.15, -0.1) is 0 Å². The zero-order chi connectivity index (χ0) is 19.2. The first kappa shape index (κ1) is 18.7. The largest absolute Gasteiger partial charge is 0.494 e. The van der Waals surface area contributed by atoms with Crippen molar-refractivity contribution in [3.63, 3.8) is 0 Å². The van der Waals surface area contributed by atoms with Crippen molar-refractivity contribution in [2.45, 2.75) is 6.92 Å². The van der Waals surface area contributed by atoms with Crippen molar-refractivity contribution >= 4 is 22.8 Å². The maximum absolute atomic E-state index is 10.9. The second-order valence-electron chi connectivity index (χ2n) is 6.10. The van der Waals surface area contributed by atoms with Gasteiger partial charge in [0.05, 0.1) is 42.7 Å². The Labute approximate surface area is 157 Å². The third-order valence-corrected chi connectivity index (χ3v) is 4.40. The SMILES string of the molecule is COc1cc([N+](=O)[O-])ccc1NN=C(C)c1ccc(N2CCOCC2)cc1. The number of hydrazone groups is 1. The van der Waals surface area contributed by atoms with E-state index in [1.807, 2.05) is 19.1 Å². The van der Waals surface area contributed by atoms with Crippen molar-refractivity contribution in [2.24, 2.45) is 5.10 Å². The van der Waals surface area contributed by atoms with E-state index in [4.69, 9.17) is 9.47 Å². The van der Waals surface area contributed by atoms with Crippen LogP contribution in [0.2, 0.25) is 0 Å². The van der Waals surface area contributed by atoms with E-state index >= 15 is 0 Å². The standard InChI is InChI=1S/C19H22N4O4/c1-14(15-3-5-16(6-4-15)22-9-11-27-12-10-22)20-21-18-8-7-17(23(24)25)13-19(18)26-2/h3-8,13,21H,9-12H2,1-2H3. The molecule has 0 saturated carbocycles. The number of nitro groups is 1. The number of hydrogen-bond acceptors (Lipinski definition) is 7. The molecule has 1 N–H and O–H groups in total. The average Bonchev–Trinajstić information content (AvgIpc) is 2.72. The Hall–Kier alpha value is -3.13. The molecule has 0 spiro atoms. The molecular formula is C19H22N4O4. The lowest BCUT2D eigenvalue weighted by atomic mass is 10.1. The average molecular weight is 370 g/mol. The molecule has 0 radical (unpaired) electrons. The number of anilines is 2. The maximum atomic E-state index is 10.9. The highest BCUT2D eigenvalue weighted by molar-refractivity contribution is 5.99. The quantitative estimate of drug-likeness (QED) is 0.477. The number of nitrogens with zero attached hydrogens (tertiary/aromatic N) is 3. The van der Waals surface area contributed by atoms with Crippen molar-refractivity contribution in [1.29, 1.82) is 0 Å². The van der Waals surface area contributed by atoms with E-state index in [0.29, 0.717) is 11.4 Å². The second-order valence-corrected chi connectivity index (χ2v) is 6.10. The Balaban J connectivity index is 1.71. The Morgan fingerprint density at radius 2 is 1.93 bits per heavy atom. The summed E-state index contributed by atoms with van der Waals surface area (Å²) < 4.78 is 10.6. The third-order valence-electron chi connectivity index (χ3n) is 4.40. The van der Waals surface area contributed by atoms with E-state index in [0.717, 1.165) is 37.6 Å². The van der Waals surface area contributed by atoms with Crippen molar-refractivity contribution in [3.8, 4) is 5.75 Å². The smallest absolute Gasteiger partial charge is 0.273 e. The Morgan fingerprint density at radius 3 is 2.56 bits per heavy atom. The summed E-state index contributed by atoms with van der Waals surface area (Å²) in [5.74, 6) is 0.364. The van der Waals surface area contributed by atoms with Crippen molar-refractivity contribution in [2.75, 3.05) is 43.7 Å². The lowest BCUT2D eigenvalue weighted by Crippen LogP contribution is -2.36. The molecular weight excluding hydrogens is 348 g/mol. The first-order chi connectivity index (χ1) is 13.1. The summed E-state index contributed by atoms with van der Waals surface area (Å²) in [6, 6.07) is 12.6. The van der Waals surface area contributed by atoms with Gasteiger partial charge in [0, 0.05) is 24.8 Å². The Morgan fingerprint density at radius 1 is 1.22 bits per heavy atom. The van der Waals surface area contributed by atoms with Crippen LogP contribution >= 0.6 is 0 Å². The van der Waals surface area contributed by atoms with Crippen LogP contribution in [0.4, 0.5) is 17.1 Å². The monoisotopic (exact) mass is 370 g/mol. The van der Waals surface area contributed by atoms with Gasteiger partial charge in [-0.25, -0.2) is 0 Å². The van der Waals surface area contributed by atoms with E-state index in [1.54, 1.807) is 6.07 Å². The number of benzene rings is 2. The molecule has 2 aromatic rings. The van der Waals surface area contributed by atoms with E-state index < -0.39 is 4.92 Å². The number of nitrogens with one attached hydrogen (secondary N) is 1. The van der Waals surface area contributed by atoms with Crippen molar-refractivity contribution < 1.29 is 14.4 Å². The lowest BCUT2D eigenvalue weighted by molar-refractivity contribution is -0.384. The van der Waals surface area contributed by atoms with Gasteiger partial charge in [0.1, 0.15) is 0 Å². The van der Waals surface area contributed by atoms with Crippen LogP contribution in [0.1, 0.15) is 12.5 Å². The molecule has 0 atom stereocenters. The van der Waals surface area contributed by atoms with E-state index in [-0.39, 0.29) is 5.69 Å². The molecule has 0 unspecified atom stereocenters. The van der Waals surface area contributed by atoms with Crippen LogP contribution in [-0.4, -0.2) is 44.0 Å². The van der Waals surface area contributed by atoms with Crippen LogP contribution in [0.5, 0.6) is 5.75 Å². The number of morpholine rings is 1. The topological polar surface area (TPSA) is 89.2 Å². The molecule has 1 fully saturated rings. The summed E-state index contributed by atoms with van der Waals surface area (Å²) in [5.41, 5.74) is 6.40. The molecule has 1 heterocycles. The number of non-ortho nitro benzene ring substituents is 1. The van der Waals surface area contributed by atoms with Gasteiger partial charge < -0.3 is 14.4 Å². The van der Waals surface area contributed by atoms with Crippen LogP contribution in [0.15, 0.2) is 47.6 Å². The highest BCUT2D eigenvalue weighted by atomic mass is 16.6. The predicted octanol–water partition coefficient (Wildman–Crippen LogP) is 3.28. The molecule has 1 aliphatic rings. The van der Waals surface area contributed by atoms with Gasteiger partial charge in [0.25, 0.3) is 5.69 Å². The normalized spacial score (nSPS) is 14.7. The summed E-state index contributed by atoms with van der Waals surface area (Å²) in [6.07, 6.45) is 0.